The van der Waals surface area contributed by atoms with Crippen molar-refractivity contribution in [1.82, 2.24) is 4.90 Å². The van der Waals surface area contributed by atoms with E-state index in [0.29, 0.717) is 18.2 Å². The van der Waals surface area contributed by atoms with Crippen molar-refractivity contribution in [2.24, 2.45) is 0 Å². The lowest BCUT2D eigenvalue weighted by Gasteiger charge is -2.25. The number of ether oxygens (including phenoxy) is 2. The van der Waals surface area contributed by atoms with Gasteiger partial charge in [0.15, 0.2) is 5.75 Å². The highest BCUT2D eigenvalue weighted by molar-refractivity contribution is 5.96. The van der Waals surface area contributed by atoms with E-state index in [1.54, 1.807) is 30.3 Å². The summed E-state index contributed by atoms with van der Waals surface area (Å²) in [4.78, 5) is 15.0. The second kappa shape index (κ2) is 8.19. The second-order valence-electron chi connectivity index (χ2n) is 7.48. The molecule has 4 rings (SSSR count). The van der Waals surface area contributed by atoms with E-state index in [9.17, 15) is 31.1 Å². The van der Waals surface area contributed by atoms with E-state index in [-0.39, 0.29) is 38.4 Å². The van der Waals surface area contributed by atoms with Gasteiger partial charge in [0.1, 0.15) is 12.2 Å². The molecule has 2 amide bonds. The topological polar surface area (TPSA) is 45.3 Å². The van der Waals surface area contributed by atoms with Crippen LogP contribution in [-0.2, 0) is 23.7 Å². The zero-order valence-corrected chi connectivity index (χ0v) is 16.5. The number of alkyl halides is 6. The Morgan fingerprint density at radius 1 is 1.00 bits per heavy atom. The highest BCUT2D eigenvalue weighted by atomic mass is 19.4. The van der Waals surface area contributed by atoms with E-state index in [1.807, 2.05) is 0 Å². The Morgan fingerprint density at radius 2 is 1.69 bits per heavy atom. The van der Waals surface area contributed by atoms with Gasteiger partial charge < -0.3 is 14.4 Å². The Kier molecular flexibility index (Phi) is 5.70. The number of urea groups is 1. The molecule has 2 heterocycles. The molecule has 2 aromatic rings. The van der Waals surface area contributed by atoms with Crippen LogP contribution in [-0.4, -0.2) is 43.3 Å². The van der Waals surface area contributed by atoms with Crippen LogP contribution in [0.5, 0.6) is 5.75 Å². The Labute approximate surface area is 179 Å². The molecule has 1 atom stereocenters. The van der Waals surface area contributed by atoms with Crippen molar-refractivity contribution in [3.8, 4) is 5.75 Å². The van der Waals surface area contributed by atoms with Gasteiger partial charge in [-0.15, -0.1) is 0 Å². The molecule has 2 fully saturated rings. The number of halogens is 6. The second-order valence-corrected chi connectivity index (χ2v) is 7.48. The van der Waals surface area contributed by atoms with Crippen molar-refractivity contribution in [2.45, 2.75) is 25.1 Å². The molecular weight excluding hydrogens is 442 g/mol. The van der Waals surface area contributed by atoms with Gasteiger partial charge in [0.05, 0.1) is 30.5 Å². The van der Waals surface area contributed by atoms with Gasteiger partial charge in [0.2, 0.25) is 0 Å². The molecule has 0 aliphatic carbocycles. The van der Waals surface area contributed by atoms with Crippen molar-refractivity contribution in [2.75, 3.05) is 31.1 Å². The predicted molar refractivity (Wildman–Crippen MR) is 101 cm³/mol. The monoisotopic (exact) mass is 460 g/mol. The molecule has 172 valence electrons. The summed E-state index contributed by atoms with van der Waals surface area (Å²) in [5.74, 6) is -0.813. The van der Waals surface area contributed by atoms with Crippen LogP contribution in [0.3, 0.4) is 0 Å². The summed E-state index contributed by atoms with van der Waals surface area (Å²) < 4.78 is 92.1. The SMILES string of the molecule is O=C1N(C[C@H]2CO2)CCN1c1cc(C(F)(F)F)cc(C(F)(F)F)c1OCc1ccccc1. The number of carbonyl (C=O) groups is 1. The van der Waals surface area contributed by atoms with E-state index < -0.39 is 40.9 Å². The molecule has 0 aromatic heterocycles. The fourth-order valence-electron chi connectivity index (χ4n) is 3.46. The minimum Gasteiger partial charge on any atom is -0.486 e. The van der Waals surface area contributed by atoms with Crippen LogP contribution in [0.25, 0.3) is 0 Å². The van der Waals surface area contributed by atoms with Crippen molar-refractivity contribution in [3.63, 3.8) is 0 Å². The van der Waals surface area contributed by atoms with E-state index in [0.717, 1.165) is 4.90 Å². The number of epoxide rings is 1. The highest BCUT2D eigenvalue weighted by Gasteiger charge is 2.43. The third-order valence-electron chi connectivity index (χ3n) is 5.14. The molecule has 5 nitrogen and oxygen atoms in total. The number of anilines is 1. The molecule has 0 N–H and O–H groups in total. The van der Waals surface area contributed by atoms with E-state index in [2.05, 4.69) is 0 Å². The van der Waals surface area contributed by atoms with Crippen LogP contribution < -0.4 is 9.64 Å². The summed E-state index contributed by atoms with van der Waals surface area (Å²) >= 11 is 0. The maximum Gasteiger partial charge on any atom is 0.420 e. The van der Waals surface area contributed by atoms with E-state index in [1.165, 1.54) is 4.90 Å². The molecule has 0 saturated carbocycles. The molecule has 2 aliphatic heterocycles. The number of hydrogen-bond acceptors (Lipinski definition) is 3. The number of rotatable bonds is 6. The maximum atomic E-state index is 13.8. The third-order valence-corrected chi connectivity index (χ3v) is 5.14. The van der Waals surface area contributed by atoms with Gasteiger partial charge in [0.25, 0.3) is 0 Å². The zero-order chi connectivity index (χ0) is 23.1. The summed E-state index contributed by atoms with van der Waals surface area (Å²) in [6.45, 7) is 0.432. The molecule has 0 spiro atoms. The lowest BCUT2D eigenvalue weighted by Crippen LogP contribution is -2.34. The molecule has 11 heteroatoms. The van der Waals surface area contributed by atoms with Crippen LogP contribution in [0, 0.1) is 0 Å². The number of carbonyl (C=O) groups excluding carboxylic acids is 1. The minimum absolute atomic E-state index is 0.0141. The molecular formula is C21H18F6N2O3. The summed E-state index contributed by atoms with van der Waals surface area (Å²) in [5.41, 5.74) is -3.14. The summed E-state index contributed by atoms with van der Waals surface area (Å²) in [6, 6.07) is 8.07. The Bertz CT molecular complexity index is 990. The van der Waals surface area contributed by atoms with Gasteiger partial charge in [-0.25, -0.2) is 4.79 Å². The predicted octanol–water partition coefficient (Wildman–Crippen LogP) is 4.94. The average Bonchev–Trinajstić information content (AvgIpc) is 3.47. The Hall–Kier alpha value is -2.95. The van der Waals surface area contributed by atoms with E-state index >= 15 is 0 Å². The van der Waals surface area contributed by atoms with Crippen LogP contribution in [0.15, 0.2) is 42.5 Å². The average molecular weight is 460 g/mol. The van der Waals surface area contributed by atoms with Gasteiger partial charge in [-0.2, -0.15) is 26.3 Å². The molecule has 0 radical (unpaired) electrons. The third kappa shape index (κ3) is 4.77. The standard InChI is InChI=1S/C21H18F6N2O3/c22-20(23,24)14-8-16(21(25,26)27)18(32-11-13-4-2-1-3-5-13)17(9-14)29-7-6-28(19(29)30)10-15-12-31-15/h1-5,8-9,15H,6-7,10-12H2/t15-/m0/s1. The first-order valence-electron chi connectivity index (χ1n) is 9.71. The van der Waals surface area contributed by atoms with Crippen molar-refractivity contribution in [1.29, 1.82) is 0 Å². The molecule has 2 aromatic carbocycles. The fourth-order valence-corrected chi connectivity index (χ4v) is 3.46. The van der Waals surface area contributed by atoms with Gasteiger partial charge in [0, 0.05) is 13.1 Å². The first kappa shape index (κ1) is 22.3. The van der Waals surface area contributed by atoms with Crippen LogP contribution >= 0.6 is 0 Å². The first-order valence-corrected chi connectivity index (χ1v) is 9.71. The molecule has 0 unspecified atom stereocenters. The van der Waals surface area contributed by atoms with Gasteiger partial charge >= 0.3 is 18.4 Å². The molecule has 32 heavy (non-hydrogen) atoms. The Morgan fingerprint density at radius 3 is 2.28 bits per heavy atom. The van der Waals surface area contributed by atoms with Crippen LogP contribution in [0.1, 0.15) is 16.7 Å². The smallest absolute Gasteiger partial charge is 0.420 e. The summed E-state index contributed by atoms with van der Waals surface area (Å²) in [7, 11) is 0. The van der Waals surface area contributed by atoms with Crippen LogP contribution in [0.4, 0.5) is 36.8 Å². The Balaban J connectivity index is 1.76. The molecule has 2 saturated heterocycles. The number of nitrogens with zero attached hydrogens (tertiary/aromatic N) is 2. The zero-order valence-electron chi connectivity index (χ0n) is 16.5. The fraction of sp³-hybridized carbons (Fsp3) is 0.381. The van der Waals surface area contributed by atoms with Crippen LogP contribution in [0.2, 0.25) is 0 Å². The minimum atomic E-state index is -5.13. The quantitative estimate of drug-likeness (QED) is 0.453. The van der Waals surface area contributed by atoms with Crippen molar-refractivity contribution in [3.05, 3.63) is 59.2 Å². The number of benzene rings is 2. The maximum absolute atomic E-state index is 13.8. The molecule has 0 bridgehead atoms. The number of amides is 2. The normalized spacial score (nSPS) is 18.9. The van der Waals surface area contributed by atoms with Crippen molar-refractivity contribution < 1.29 is 40.6 Å². The van der Waals surface area contributed by atoms with E-state index in [4.69, 9.17) is 9.47 Å². The first-order chi connectivity index (χ1) is 15.0. The lowest BCUT2D eigenvalue weighted by molar-refractivity contribution is -0.143. The van der Waals surface area contributed by atoms with Crippen molar-refractivity contribution >= 4 is 11.7 Å². The van der Waals surface area contributed by atoms with Gasteiger partial charge in [-0.1, -0.05) is 30.3 Å². The van der Waals surface area contributed by atoms with Gasteiger partial charge in [-0.05, 0) is 17.7 Å². The summed E-state index contributed by atoms with van der Waals surface area (Å²) in [6.07, 6.45) is -10.3. The largest absolute Gasteiger partial charge is 0.486 e. The van der Waals surface area contributed by atoms with Gasteiger partial charge in [-0.3, -0.25) is 4.90 Å². The highest BCUT2D eigenvalue weighted by Crippen LogP contribution is 2.47. The number of hydrogen-bond donors (Lipinski definition) is 0. The summed E-state index contributed by atoms with van der Waals surface area (Å²) in [5, 5.41) is 0. The lowest BCUT2D eigenvalue weighted by atomic mass is 10.1. The molecule has 2 aliphatic rings.